The smallest absolute Gasteiger partial charge is 0.399 e. The van der Waals surface area contributed by atoms with Crippen LogP contribution in [0.3, 0.4) is 0 Å². The van der Waals surface area contributed by atoms with E-state index in [0.29, 0.717) is 5.92 Å². The van der Waals surface area contributed by atoms with Crippen LogP contribution in [0, 0.1) is 6.92 Å². The van der Waals surface area contributed by atoms with Gasteiger partial charge in [0, 0.05) is 30.5 Å². The standard InChI is InChI=1S/C17H26BNO3/c1-12-10-14(18-21-16(2,3)17(4,5)22-18)11-15(19-12)13-6-8-20-9-7-13/h10-11,13H,6-9H2,1-5H3. The van der Waals surface area contributed by atoms with Crippen LogP contribution in [-0.2, 0) is 14.0 Å². The number of aromatic nitrogens is 1. The molecule has 0 atom stereocenters. The van der Waals surface area contributed by atoms with Gasteiger partial charge in [-0.2, -0.15) is 0 Å². The molecular weight excluding hydrogens is 277 g/mol. The molecule has 2 aliphatic rings. The molecule has 2 saturated heterocycles. The van der Waals surface area contributed by atoms with Gasteiger partial charge in [0.15, 0.2) is 0 Å². The van der Waals surface area contributed by atoms with Crippen LogP contribution in [0.1, 0.15) is 57.8 Å². The summed E-state index contributed by atoms with van der Waals surface area (Å²) in [5.41, 5.74) is 2.62. The van der Waals surface area contributed by atoms with Crippen LogP contribution < -0.4 is 5.46 Å². The summed E-state index contributed by atoms with van der Waals surface area (Å²) in [6.45, 7) is 12.0. The van der Waals surface area contributed by atoms with Crippen LogP contribution in [0.25, 0.3) is 0 Å². The van der Waals surface area contributed by atoms with E-state index in [4.69, 9.17) is 19.0 Å². The normalized spacial score (nSPS) is 24.7. The largest absolute Gasteiger partial charge is 0.494 e. The van der Waals surface area contributed by atoms with Crippen molar-refractivity contribution in [2.24, 2.45) is 0 Å². The number of rotatable bonds is 2. The summed E-state index contributed by atoms with van der Waals surface area (Å²) in [7, 11) is -0.315. The second kappa shape index (κ2) is 5.62. The molecule has 3 rings (SSSR count). The van der Waals surface area contributed by atoms with Gasteiger partial charge in [0.05, 0.1) is 11.2 Å². The predicted octanol–water partition coefficient (Wildman–Crippen LogP) is 2.58. The van der Waals surface area contributed by atoms with Gasteiger partial charge in [0.25, 0.3) is 0 Å². The molecule has 5 heteroatoms. The third kappa shape index (κ3) is 2.94. The fraction of sp³-hybridized carbons (Fsp3) is 0.706. The lowest BCUT2D eigenvalue weighted by Gasteiger charge is -2.32. The Labute approximate surface area is 133 Å². The summed E-state index contributed by atoms with van der Waals surface area (Å²) in [5, 5.41) is 0. The van der Waals surface area contributed by atoms with Crippen LogP contribution in [0.5, 0.6) is 0 Å². The molecule has 2 fully saturated rings. The van der Waals surface area contributed by atoms with Gasteiger partial charge in [-0.1, -0.05) is 0 Å². The van der Waals surface area contributed by atoms with Crippen LogP contribution in [0.15, 0.2) is 12.1 Å². The third-order valence-electron chi connectivity index (χ3n) is 5.16. The summed E-state index contributed by atoms with van der Waals surface area (Å²) in [6, 6.07) is 4.23. The number of nitrogens with zero attached hydrogens (tertiary/aromatic N) is 1. The van der Waals surface area contributed by atoms with Crippen LogP contribution in [-0.4, -0.2) is 36.5 Å². The first-order chi connectivity index (χ1) is 10.3. The van der Waals surface area contributed by atoms with Crippen molar-refractivity contribution >= 4 is 12.6 Å². The summed E-state index contributed by atoms with van der Waals surface area (Å²) in [5.74, 6) is 0.481. The van der Waals surface area contributed by atoms with Gasteiger partial charge in [-0.15, -0.1) is 0 Å². The molecule has 0 spiro atoms. The zero-order valence-electron chi connectivity index (χ0n) is 14.3. The minimum absolute atomic E-state index is 0.312. The Bertz CT molecular complexity index is 537. The van der Waals surface area contributed by atoms with E-state index in [2.05, 4.69) is 39.8 Å². The van der Waals surface area contributed by atoms with Crippen molar-refractivity contribution in [3.8, 4) is 0 Å². The SMILES string of the molecule is Cc1cc(B2OC(C)(C)C(C)(C)O2)cc(C2CCOCC2)n1. The Morgan fingerprint density at radius 3 is 2.23 bits per heavy atom. The van der Waals surface area contributed by atoms with E-state index in [1.807, 2.05) is 6.92 Å². The van der Waals surface area contributed by atoms with Crippen molar-refractivity contribution in [1.29, 1.82) is 0 Å². The first kappa shape index (κ1) is 16.0. The zero-order valence-corrected chi connectivity index (χ0v) is 14.3. The maximum absolute atomic E-state index is 6.17. The first-order valence-corrected chi connectivity index (χ1v) is 8.20. The Morgan fingerprint density at radius 1 is 1.05 bits per heavy atom. The monoisotopic (exact) mass is 303 g/mol. The first-order valence-electron chi connectivity index (χ1n) is 8.20. The van der Waals surface area contributed by atoms with Crippen LogP contribution in [0.2, 0.25) is 0 Å². The fourth-order valence-electron chi connectivity index (χ4n) is 3.04. The average Bonchev–Trinajstić information content (AvgIpc) is 2.68. The van der Waals surface area contributed by atoms with Crippen molar-refractivity contribution < 1.29 is 14.0 Å². The van der Waals surface area contributed by atoms with E-state index < -0.39 is 0 Å². The van der Waals surface area contributed by atoms with Gasteiger partial charge >= 0.3 is 7.12 Å². The molecule has 0 aliphatic carbocycles. The summed E-state index contributed by atoms with van der Waals surface area (Å²) in [4.78, 5) is 4.73. The third-order valence-corrected chi connectivity index (χ3v) is 5.16. The molecule has 1 aromatic heterocycles. The highest BCUT2D eigenvalue weighted by Gasteiger charge is 2.51. The van der Waals surface area contributed by atoms with Gasteiger partial charge in [0.1, 0.15) is 0 Å². The fourth-order valence-corrected chi connectivity index (χ4v) is 3.04. The lowest BCUT2D eigenvalue weighted by molar-refractivity contribution is 0.00578. The molecule has 0 amide bonds. The van der Waals surface area contributed by atoms with Crippen LogP contribution >= 0.6 is 0 Å². The lowest BCUT2D eigenvalue weighted by atomic mass is 9.77. The van der Waals surface area contributed by atoms with E-state index in [9.17, 15) is 0 Å². The van der Waals surface area contributed by atoms with Gasteiger partial charge in [-0.3, -0.25) is 4.98 Å². The van der Waals surface area contributed by atoms with Gasteiger partial charge in [-0.05, 0) is 65.1 Å². The number of pyridine rings is 1. The Hall–Kier alpha value is -0.905. The molecule has 1 aromatic rings. The van der Waals surface area contributed by atoms with Crippen molar-refractivity contribution in [2.45, 2.75) is 64.6 Å². The number of ether oxygens (including phenoxy) is 1. The van der Waals surface area contributed by atoms with Crippen molar-refractivity contribution in [3.05, 3.63) is 23.5 Å². The quantitative estimate of drug-likeness (QED) is 0.787. The van der Waals surface area contributed by atoms with Gasteiger partial charge in [-0.25, -0.2) is 0 Å². The molecule has 0 unspecified atom stereocenters. The van der Waals surface area contributed by atoms with Gasteiger partial charge in [0.2, 0.25) is 0 Å². The molecule has 4 nitrogen and oxygen atoms in total. The maximum atomic E-state index is 6.17. The van der Waals surface area contributed by atoms with E-state index in [1.165, 1.54) is 0 Å². The molecule has 2 aliphatic heterocycles. The molecule has 3 heterocycles. The molecule has 0 bridgehead atoms. The minimum atomic E-state index is -0.315. The Kier molecular flexibility index (Phi) is 4.08. The van der Waals surface area contributed by atoms with Crippen molar-refractivity contribution in [3.63, 3.8) is 0 Å². The second-order valence-electron chi connectivity index (χ2n) is 7.44. The number of hydrogen-bond acceptors (Lipinski definition) is 4. The predicted molar refractivity (Wildman–Crippen MR) is 87.5 cm³/mol. The molecule has 0 N–H and O–H groups in total. The Balaban J connectivity index is 1.87. The molecule has 0 aromatic carbocycles. The molecule has 0 saturated carbocycles. The molecule has 22 heavy (non-hydrogen) atoms. The Morgan fingerprint density at radius 2 is 1.64 bits per heavy atom. The van der Waals surface area contributed by atoms with E-state index in [1.54, 1.807) is 0 Å². The van der Waals surface area contributed by atoms with Crippen LogP contribution in [0.4, 0.5) is 0 Å². The van der Waals surface area contributed by atoms with E-state index in [0.717, 1.165) is 42.9 Å². The molecule has 0 radical (unpaired) electrons. The number of hydrogen-bond donors (Lipinski definition) is 0. The maximum Gasteiger partial charge on any atom is 0.494 e. The highest BCUT2D eigenvalue weighted by Crippen LogP contribution is 2.36. The summed E-state index contributed by atoms with van der Waals surface area (Å²) >= 11 is 0. The second-order valence-corrected chi connectivity index (χ2v) is 7.44. The summed E-state index contributed by atoms with van der Waals surface area (Å²) < 4.78 is 17.8. The van der Waals surface area contributed by atoms with E-state index in [-0.39, 0.29) is 18.3 Å². The topological polar surface area (TPSA) is 40.6 Å². The zero-order chi connectivity index (χ0) is 16.0. The van der Waals surface area contributed by atoms with Gasteiger partial charge < -0.3 is 14.0 Å². The van der Waals surface area contributed by atoms with Crippen molar-refractivity contribution in [1.82, 2.24) is 4.98 Å². The highest BCUT2D eigenvalue weighted by atomic mass is 16.7. The number of aryl methyl sites for hydroxylation is 1. The van der Waals surface area contributed by atoms with E-state index >= 15 is 0 Å². The molecular formula is C17H26BNO3. The highest BCUT2D eigenvalue weighted by molar-refractivity contribution is 6.62. The minimum Gasteiger partial charge on any atom is -0.399 e. The van der Waals surface area contributed by atoms with Crippen molar-refractivity contribution in [2.75, 3.05) is 13.2 Å². The lowest BCUT2D eigenvalue weighted by Crippen LogP contribution is -2.41. The average molecular weight is 303 g/mol. The molecule has 120 valence electrons. The summed E-state index contributed by atoms with van der Waals surface area (Å²) in [6.07, 6.45) is 2.08.